The van der Waals surface area contributed by atoms with Crippen molar-refractivity contribution < 1.29 is 18.7 Å². The maximum atomic E-state index is 13.0. The fourth-order valence-electron chi connectivity index (χ4n) is 4.59. The van der Waals surface area contributed by atoms with Gasteiger partial charge in [0.2, 0.25) is 23.4 Å². The zero-order valence-corrected chi connectivity index (χ0v) is 19.2. The molecule has 1 aromatic heterocycles. The Balaban J connectivity index is 1.26. The Labute approximate surface area is 198 Å². The number of carbonyl (C=O) groups is 1. The summed E-state index contributed by atoms with van der Waals surface area (Å²) in [6.45, 7) is 2.36. The van der Waals surface area contributed by atoms with Gasteiger partial charge in [-0.2, -0.15) is 10.2 Å². The van der Waals surface area contributed by atoms with Crippen molar-refractivity contribution in [2.45, 2.75) is 12.3 Å². The molecule has 8 nitrogen and oxygen atoms in total. The van der Waals surface area contributed by atoms with Crippen LogP contribution >= 0.6 is 0 Å². The number of anilines is 1. The highest BCUT2D eigenvalue weighted by molar-refractivity contribution is 5.83. The Morgan fingerprint density at radius 2 is 1.79 bits per heavy atom. The van der Waals surface area contributed by atoms with Crippen LogP contribution in [-0.4, -0.2) is 56.2 Å². The summed E-state index contributed by atoms with van der Waals surface area (Å²) < 4.78 is 16.7. The van der Waals surface area contributed by atoms with Gasteiger partial charge in [0.05, 0.1) is 14.2 Å². The zero-order valence-electron chi connectivity index (χ0n) is 19.2. The third kappa shape index (κ3) is 4.05. The van der Waals surface area contributed by atoms with Gasteiger partial charge < -0.3 is 23.7 Å². The number of methoxy groups -OCH3 is 2. The highest BCUT2D eigenvalue weighted by Crippen LogP contribution is 2.48. The molecule has 1 saturated carbocycles. The van der Waals surface area contributed by atoms with Gasteiger partial charge in [0.15, 0.2) is 11.5 Å². The number of piperazine rings is 1. The van der Waals surface area contributed by atoms with Gasteiger partial charge in [-0.25, -0.2) is 0 Å². The number of carbonyl (C=O) groups excluding carboxylic acids is 1. The minimum atomic E-state index is 0.0746. The first-order valence-electron chi connectivity index (χ1n) is 11.3. The van der Waals surface area contributed by atoms with Crippen LogP contribution in [0.2, 0.25) is 0 Å². The number of aromatic nitrogens is 1. The summed E-state index contributed by atoms with van der Waals surface area (Å²) in [6, 6.07) is 17.7. The maximum Gasteiger partial charge on any atom is 0.235 e. The van der Waals surface area contributed by atoms with Gasteiger partial charge in [-0.15, -0.1) is 0 Å². The molecule has 1 aliphatic heterocycles. The van der Waals surface area contributed by atoms with Crippen LogP contribution in [0.15, 0.2) is 52.9 Å². The average molecular weight is 459 g/mol. The predicted molar refractivity (Wildman–Crippen MR) is 126 cm³/mol. The number of hydrogen-bond donors (Lipinski definition) is 0. The van der Waals surface area contributed by atoms with Crippen molar-refractivity contribution >= 4 is 11.8 Å². The van der Waals surface area contributed by atoms with Crippen molar-refractivity contribution in [1.29, 1.82) is 5.26 Å². The molecule has 0 N–H and O–H groups in total. The molecule has 2 aromatic carbocycles. The molecule has 174 valence electrons. The molecule has 2 heterocycles. The van der Waals surface area contributed by atoms with Crippen LogP contribution in [0.5, 0.6) is 11.5 Å². The first-order chi connectivity index (χ1) is 16.6. The Morgan fingerprint density at radius 3 is 2.47 bits per heavy atom. The largest absolute Gasteiger partial charge is 0.493 e. The van der Waals surface area contributed by atoms with E-state index in [4.69, 9.17) is 13.9 Å². The van der Waals surface area contributed by atoms with Gasteiger partial charge >= 0.3 is 0 Å². The van der Waals surface area contributed by atoms with E-state index in [1.165, 1.54) is 5.56 Å². The van der Waals surface area contributed by atoms with E-state index >= 15 is 0 Å². The summed E-state index contributed by atoms with van der Waals surface area (Å²) in [6.07, 6.45) is 0.915. The average Bonchev–Trinajstić information content (AvgIpc) is 3.59. The van der Waals surface area contributed by atoms with Crippen LogP contribution in [-0.2, 0) is 4.79 Å². The van der Waals surface area contributed by atoms with E-state index in [1.807, 2.05) is 34.1 Å². The number of nitriles is 1. The fourth-order valence-corrected chi connectivity index (χ4v) is 4.59. The van der Waals surface area contributed by atoms with E-state index in [-0.39, 0.29) is 17.5 Å². The molecule has 5 rings (SSSR count). The monoisotopic (exact) mass is 458 g/mol. The first kappa shape index (κ1) is 21.8. The molecule has 2 unspecified atom stereocenters. The van der Waals surface area contributed by atoms with E-state index in [0.717, 1.165) is 6.42 Å². The van der Waals surface area contributed by atoms with Crippen LogP contribution < -0.4 is 14.4 Å². The number of nitrogens with zero attached hydrogens (tertiary/aromatic N) is 4. The molecule has 0 spiro atoms. The number of hydrogen-bond acceptors (Lipinski definition) is 7. The standard InChI is InChI=1S/C26H26N4O4/c1-32-22-9-8-18(14-23(22)33-2)24-28-21(16-27)26(34-24)30-12-10-29(11-13-30)25(31)20-15-19(20)17-6-4-3-5-7-17/h3-9,14,19-20H,10-13,15H2,1-2H3. The molecule has 1 aliphatic carbocycles. The number of amides is 1. The molecule has 2 atom stereocenters. The lowest BCUT2D eigenvalue weighted by molar-refractivity contribution is -0.133. The van der Waals surface area contributed by atoms with E-state index in [2.05, 4.69) is 23.2 Å². The smallest absolute Gasteiger partial charge is 0.235 e. The highest BCUT2D eigenvalue weighted by Gasteiger charge is 2.46. The Bertz CT molecular complexity index is 1230. The van der Waals surface area contributed by atoms with Crippen LogP contribution in [0.25, 0.3) is 11.5 Å². The van der Waals surface area contributed by atoms with Crippen LogP contribution in [0.4, 0.5) is 5.88 Å². The summed E-state index contributed by atoms with van der Waals surface area (Å²) in [5.41, 5.74) is 2.16. The maximum absolute atomic E-state index is 13.0. The first-order valence-corrected chi connectivity index (χ1v) is 11.3. The van der Waals surface area contributed by atoms with E-state index in [9.17, 15) is 10.1 Å². The van der Waals surface area contributed by atoms with Crippen molar-refractivity contribution in [3.8, 4) is 29.0 Å². The predicted octanol–water partition coefficient (Wildman–Crippen LogP) is 3.68. The quantitative estimate of drug-likeness (QED) is 0.556. The van der Waals surface area contributed by atoms with Crippen LogP contribution in [0.3, 0.4) is 0 Å². The van der Waals surface area contributed by atoms with E-state index in [1.54, 1.807) is 26.4 Å². The van der Waals surface area contributed by atoms with Crippen molar-refractivity contribution in [2.75, 3.05) is 45.3 Å². The Morgan fingerprint density at radius 1 is 1.06 bits per heavy atom. The van der Waals surface area contributed by atoms with Gasteiger partial charge in [0, 0.05) is 37.7 Å². The topological polar surface area (TPSA) is 91.8 Å². The molecule has 3 aromatic rings. The third-order valence-corrected chi connectivity index (χ3v) is 6.56. The lowest BCUT2D eigenvalue weighted by Gasteiger charge is -2.34. The zero-order chi connectivity index (χ0) is 23.7. The SMILES string of the molecule is COc1ccc(-c2nc(C#N)c(N3CCN(C(=O)C4CC4c4ccccc4)CC3)o2)cc1OC. The van der Waals surface area contributed by atoms with Gasteiger partial charge in [-0.1, -0.05) is 30.3 Å². The molecule has 0 radical (unpaired) electrons. The molecule has 1 amide bonds. The van der Waals surface area contributed by atoms with Gasteiger partial charge in [-0.05, 0) is 36.1 Å². The summed E-state index contributed by atoms with van der Waals surface area (Å²) >= 11 is 0. The van der Waals surface area contributed by atoms with Crippen LogP contribution in [0, 0.1) is 17.2 Å². The van der Waals surface area contributed by atoms with Crippen molar-refractivity contribution in [1.82, 2.24) is 9.88 Å². The second-order valence-electron chi connectivity index (χ2n) is 8.53. The molecule has 2 fully saturated rings. The van der Waals surface area contributed by atoms with Crippen molar-refractivity contribution in [2.24, 2.45) is 5.92 Å². The third-order valence-electron chi connectivity index (χ3n) is 6.56. The molecule has 0 bridgehead atoms. The summed E-state index contributed by atoms with van der Waals surface area (Å²) in [7, 11) is 3.14. The molecule has 1 saturated heterocycles. The van der Waals surface area contributed by atoms with Crippen LogP contribution in [0.1, 0.15) is 23.6 Å². The molecule has 2 aliphatic rings. The summed E-state index contributed by atoms with van der Waals surface area (Å²) in [4.78, 5) is 21.3. The lowest BCUT2D eigenvalue weighted by Crippen LogP contribution is -2.49. The normalized spacial score (nSPS) is 19.4. The van der Waals surface area contributed by atoms with Crippen molar-refractivity contribution in [3.63, 3.8) is 0 Å². The minimum absolute atomic E-state index is 0.0746. The second-order valence-corrected chi connectivity index (χ2v) is 8.53. The van der Waals surface area contributed by atoms with Crippen molar-refractivity contribution in [3.05, 3.63) is 59.8 Å². The summed E-state index contributed by atoms with van der Waals surface area (Å²) in [5.74, 6) is 2.56. The van der Waals surface area contributed by atoms with E-state index in [0.29, 0.717) is 60.9 Å². The second kappa shape index (κ2) is 9.10. The summed E-state index contributed by atoms with van der Waals surface area (Å²) in [5, 5.41) is 9.64. The minimum Gasteiger partial charge on any atom is -0.493 e. The van der Waals surface area contributed by atoms with E-state index < -0.39 is 0 Å². The molecule has 34 heavy (non-hydrogen) atoms. The van der Waals surface area contributed by atoms with Gasteiger partial charge in [0.1, 0.15) is 6.07 Å². The van der Waals surface area contributed by atoms with Gasteiger partial charge in [0.25, 0.3) is 0 Å². The lowest BCUT2D eigenvalue weighted by atomic mass is 10.1. The number of oxazole rings is 1. The number of rotatable bonds is 6. The highest BCUT2D eigenvalue weighted by atomic mass is 16.5. The number of benzene rings is 2. The Kier molecular flexibility index (Phi) is 5.84. The molecular formula is C26H26N4O4. The fraction of sp³-hybridized carbons (Fsp3) is 0.346. The Hall–Kier alpha value is -3.99. The molecule has 8 heteroatoms. The van der Waals surface area contributed by atoms with Gasteiger partial charge in [-0.3, -0.25) is 4.79 Å². The molecular weight excluding hydrogens is 432 g/mol. The number of ether oxygens (including phenoxy) is 2.